The van der Waals surface area contributed by atoms with Crippen LogP contribution in [0.25, 0.3) is 0 Å². The molecule has 0 aromatic heterocycles. The standard InChI is InChI=1S/3CH2O3.2Au.Ba.2H/c3*2-1(3)4;;;;;/h3*(H2,2,3,4);;;;;/q;;;2*+3;+2;2*-1/p-6. The van der Waals surface area contributed by atoms with Crippen LogP contribution < -0.4 is 30.6 Å². The minimum absolute atomic E-state index is 0. The Kier molecular flexibility index (Phi) is 70.5. The third-order valence-corrected chi connectivity index (χ3v) is 0. The molecule has 0 N–H and O–H groups in total. The molecule has 0 fully saturated rings. The van der Waals surface area contributed by atoms with E-state index in [2.05, 4.69) is 0 Å². The van der Waals surface area contributed by atoms with Gasteiger partial charge in [0.05, 0.1) is 0 Å². The van der Waals surface area contributed by atoms with Gasteiger partial charge in [0.2, 0.25) is 0 Å². The van der Waals surface area contributed by atoms with Crippen LogP contribution in [0, 0.1) is 0 Å². The molecular formula is C3H2Au2BaO9. The summed E-state index contributed by atoms with van der Waals surface area (Å²) >= 11 is 0. The van der Waals surface area contributed by atoms with Crippen LogP contribution in [0.3, 0.4) is 0 Å². The Hall–Kier alpha value is 0.862. The molecule has 12 heteroatoms. The van der Waals surface area contributed by atoms with Crippen molar-refractivity contribution < 1.29 is 92.6 Å². The smallest absolute Gasteiger partial charge is 1.00 e. The second-order valence-electron chi connectivity index (χ2n) is 0.750. The van der Waals surface area contributed by atoms with Crippen LogP contribution in [0.5, 0.6) is 0 Å². The van der Waals surface area contributed by atoms with Gasteiger partial charge in [0.15, 0.2) is 0 Å². The van der Waals surface area contributed by atoms with E-state index in [9.17, 15) is 0 Å². The predicted octanol–water partition coefficient (Wildman–Crippen LogP) is -7.50. The first kappa shape index (κ1) is 36.0. The molecule has 0 spiro atoms. The summed E-state index contributed by atoms with van der Waals surface area (Å²) in [5, 5.41) is 50.0. The Morgan fingerprint density at radius 1 is 0.600 bits per heavy atom. The molecule has 0 heterocycles. The van der Waals surface area contributed by atoms with Gasteiger partial charge in [0, 0.05) is 0 Å². The summed E-state index contributed by atoms with van der Waals surface area (Å²) in [5.74, 6) is 0. The minimum atomic E-state index is -2.33. The summed E-state index contributed by atoms with van der Waals surface area (Å²) in [7, 11) is 0. The first-order valence-electron chi connectivity index (χ1n) is 1.84. The average molecular weight is 713 g/mol. The summed E-state index contributed by atoms with van der Waals surface area (Å²) in [6.45, 7) is 0. The molecule has 0 saturated carbocycles. The fourth-order valence-electron chi connectivity index (χ4n) is 0. The fraction of sp³-hybridized carbons (Fsp3) is 0. The fourth-order valence-corrected chi connectivity index (χ4v) is 0. The normalized spacial score (nSPS) is 4.80. The van der Waals surface area contributed by atoms with Crippen LogP contribution in [0.2, 0.25) is 0 Å². The van der Waals surface area contributed by atoms with Gasteiger partial charge in [-0.05, 0) is 18.5 Å². The van der Waals surface area contributed by atoms with E-state index in [1.165, 1.54) is 0 Å². The van der Waals surface area contributed by atoms with Gasteiger partial charge in [-0.1, -0.05) is 0 Å². The molecule has 0 aromatic carbocycles. The Labute approximate surface area is 158 Å². The van der Waals surface area contributed by atoms with Gasteiger partial charge in [0.25, 0.3) is 0 Å². The summed E-state index contributed by atoms with van der Waals surface area (Å²) in [4.78, 5) is 25.0. The van der Waals surface area contributed by atoms with Crippen molar-refractivity contribution in [3.05, 3.63) is 0 Å². The molecule has 92 valence electrons. The maximum Gasteiger partial charge on any atom is 3.00 e. The van der Waals surface area contributed by atoms with E-state index < -0.39 is 18.5 Å². The summed E-state index contributed by atoms with van der Waals surface area (Å²) in [5.41, 5.74) is 0. The molecule has 9 nitrogen and oxygen atoms in total. The second-order valence-corrected chi connectivity index (χ2v) is 0.750. The van der Waals surface area contributed by atoms with E-state index >= 15 is 0 Å². The van der Waals surface area contributed by atoms with Crippen LogP contribution in [0.4, 0.5) is 14.4 Å². The summed E-state index contributed by atoms with van der Waals surface area (Å²) in [6, 6.07) is 0. The summed E-state index contributed by atoms with van der Waals surface area (Å²) < 4.78 is 0. The van der Waals surface area contributed by atoms with Crippen molar-refractivity contribution in [3.63, 3.8) is 0 Å². The third kappa shape index (κ3) is 3310. The van der Waals surface area contributed by atoms with E-state index in [4.69, 9.17) is 45.0 Å². The molecule has 0 unspecified atom stereocenters. The average Bonchev–Trinajstić information content (AvgIpc) is 1.54. The van der Waals surface area contributed by atoms with Gasteiger partial charge in [-0.25, -0.2) is 0 Å². The number of carbonyl (C=O) groups excluding carboxylic acids is 3. The number of carboxylic acid groups (broad SMARTS) is 6. The van der Waals surface area contributed by atoms with E-state index in [-0.39, 0.29) is 96.5 Å². The molecule has 0 saturated heterocycles. The van der Waals surface area contributed by atoms with Crippen molar-refractivity contribution >= 4 is 67.3 Å². The van der Waals surface area contributed by atoms with Crippen LogP contribution in [-0.4, -0.2) is 67.3 Å². The SMILES string of the molecule is O=C([O-])[O-].O=C([O-])[O-].O=C([O-])[O-].[Au+3].[Au+3].[Ba+2].[H-].[H-]. The topological polar surface area (TPSA) is 190 Å². The molecule has 0 bridgehead atoms. The van der Waals surface area contributed by atoms with Crippen LogP contribution in [0.1, 0.15) is 2.85 Å². The largest absolute Gasteiger partial charge is 3.00 e. The second kappa shape index (κ2) is 29.4. The predicted molar refractivity (Wildman–Crippen MR) is 24.2 cm³/mol. The molecule has 0 aliphatic heterocycles. The molecule has 0 aromatic rings. The van der Waals surface area contributed by atoms with Gasteiger partial charge in [-0.3, -0.25) is 0 Å². The zero-order valence-corrected chi connectivity index (χ0v) is 15.3. The molecule has 0 rings (SSSR count). The number of hydrogen-bond acceptors (Lipinski definition) is 9. The van der Waals surface area contributed by atoms with E-state index in [1.54, 1.807) is 0 Å². The van der Waals surface area contributed by atoms with E-state index in [0.29, 0.717) is 0 Å². The quantitative estimate of drug-likeness (QED) is 0.220. The Bertz CT molecular complexity index is 130. The first-order valence-corrected chi connectivity index (χ1v) is 1.84. The molecule has 0 aliphatic carbocycles. The zero-order chi connectivity index (χ0) is 10.7. The van der Waals surface area contributed by atoms with Gasteiger partial charge < -0.3 is 47.9 Å². The van der Waals surface area contributed by atoms with Gasteiger partial charge >= 0.3 is 93.6 Å². The number of rotatable bonds is 0. The zero-order valence-electron chi connectivity index (χ0n) is 8.48. The van der Waals surface area contributed by atoms with Gasteiger partial charge in [-0.2, -0.15) is 0 Å². The molecule has 0 radical (unpaired) electrons. The minimum Gasteiger partial charge on any atom is -1.00 e. The third-order valence-electron chi connectivity index (χ3n) is 0. The molecule has 0 aliphatic rings. The van der Waals surface area contributed by atoms with Crippen molar-refractivity contribution in [1.82, 2.24) is 0 Å². The van der Waals surface area contributed by atoms with Crippen molar-refractivity contribution in [2.75, 3.05) is 0 Å². The Morgan fingerprint density at radius 3 is 0.600 bits per heavy atom. The van der Waals surface area contributed by atoms with Crippen LogP contribution in [0.15, 0.2) is 0 Å². The maximum absolute atomic E-state index is 8.33. The van der Waals surface area contributed by atoms with Gasteiger partial charge in [-0.15, -0.1) is 0 Å². The van der Waals surface area contributed by atoms with Crippen LogP contribution >= 0.6 is 0 Å². The molecular weight excluding hydrogens is 711 g/mol. The van der Waals surface area contributed by atoms with Crippen molar-refractivity contribution in [2.24, 2.45) is 0 Å². The van der Waals surface area contributed by atoms with Crippen molar-refractivity contribution in [1.29, 1.82) is 0 Å². The molecule has 15 heavy (non-hydrogen) atoms. The van der Waals surface area contributed by atoms with E-state index in [1.807, 2.05) is 0 Å². The van der Waals surface area contributed by atoms with Crippen LogP contribution in [-0.2, 0) is 44.8 Å². The maximum atomic E-state index is 8.33. The Balaban J connectivity index is -0.0000000104. The molecule has 0 amide bonds. The summed E-state index contributed by atoms with van der Waals surface area (Å²) in [6.07, 6.45) is -7.00. The first-order chi connectivity index (χ1) is 5.20. The number of carbonyl (C=O) groups is 3. The van der Waals surface area contributed by atoms with Crippen molar-refractivity contribution in [3.8, 4) is 0 Å². The van der Waals surface area contributed by atoms with Gasteiger partial charge in [0.1, 0.15) is 0 Å². The monoisotopic (exact) mass is 714 g/mol. The van der Waals surface area contributed by atoms with Crippen molar-refractivity contribution in [2.45, 2.75) is 0 Å². The number of hydrogen-bond donors (Lipinski definition) is 0. The Morgan fingerprint density at radius 2 is 0.600 bits per heavy atom. The van der Waals surface area contributed by atoms with E-state index in [0.717, 1.165) is 0 Å². The molecule has 0 atom stereocenters.